The molecule has 0 saturated carbocycles. The lowest BCUT2D eigenvalue weighted by molar-refractivity contribution is 0.304. The van der Waals surface area contributed by atoms with Crippen LogP contribution in [0.15, 0.2) is 37.3 Å². The lowest BCUT2D eigenvalue weighted by Gasteiger charge is -2.04. The number of hydrogen-bond acceptors (Lipinski definition) is 7. The van der Waals surface area contributed by atoms with Crippen LogP contribution in [-0.4, -0.2) is 26.6 Å². The number of halogens is 2. The second-order valence-electron chi connectivity index (χ2n) is 4.47. The van der Waals surface area contributed by atoms with E-state index in [4.69, 9.17) is 17.1 Å². The van der Waals surface area contributed by atoms with Gasteiger partial charge in [-0.3, -0.25) is 4.52 Å². The molecule has 0 bridgehead atoms. The molecule has 0 saturated heterocycles. The van der Waals surface area contributed by atoms with Crippen molar-refractivity contribution in [2.45, 2.75) is 6.42 Å². The number of rotatable bonds is 5. The first kappa shape index (κ1) is 15.7. The molecule has 0 spiro atoms. The van der Waals surface area contributed by atoms with Gasteiger partial charge in [-0.1, -0.05) is 27.0 Å². The Bertz CT molecular complexity index is 989. The van der Waals surface area contributed by atoms with E-state index in [2.05, 4.69) is 34.6 Å². The molecule has 0 amide bonds. The molecule has 1 aromatic carbocycles. The van der Waals surface area contributed by atoms with Crippen LogP contribution in [0, 0.1) is 5.82 Å². The first-order valence-corrected chi connectivity index (χ1v) is 6.86. The molecule has 0 aliphatic carbocycles. The molecule has 2 aromatic heterocycles. The first-order chi connectivity index (χ1) is 11.6. The zero-order chi connectivity index (χ0) is 17.1. The predicted molar refractivity (Wildman–Crippen MR) is 78.1 cm³/mol. The molecule has 0 atom stereocenters. The highest BCUT2D eigenvalue weighted by atomic mass is 35.5. The lowest BCUT2D eigenvalue weighted by Crippen LogP contribution is -2.14. The Balaban J connectivity index is 2.08. The van der Waals surface area contributed by atoms with Gasteiger partial charge in [0.05, 0.1) is 10.7 Å². The molecule has 122 valence electrons. The summed E-state index contributed by atoms with van der Waals surface area (Å²) in [5.41, 5.74) is 8.99. The molecular formula is C12H7ClFN7O3. The van der Waals surface area contributed by atoms with Gasteiger partial charge in [-0.2, -0.15) is 0 Å². The van der Waals surface area contributed by atoms with Crippen molar-refractivity contribution in [3.05, 3.63) is 55.7 Å². The summed E-state index contributed by atoms with van der Waals surface area (Å²) < 4.78 is 23.7. The van der Waals surface area contributed by atoms with Crippen molar-refractivity contribution in [3.63, 3.8) is 0 Å². The maximum absolute atomic E-state index is 13.3. The van der Waals surface area contributed by atoms with Crippen LogP contribution in [0.2, 0.25) is 5.02 Å². The Morgan fingerprint density at radius 1 is 1.38 bits per heavy atom. The third-order valence-corrected chi connectivity index (χ3v) is 3.34. The fourth-order valence-electron chi connectivity index (χ4n) is 1.99. The summed E-state index contributed by atoms with van der Waals surface area (Å²) in [7, 11) is 0. The van der Waals surface area contributed by atoms with Crippen molar-refractivity contribution in [2.24, 2.45) is 5.11 Å². The van der Waals surface area contributed by atoms with Crippen LogP contribution >= 0.6 is 11.6 Å². The molecule has 24 heavy (non-hydrogen) atoms. The largest absolute Gasteiger partial charge is 0.446 e. The summed E-state index contributed by atoms with van der Waals surface area (Å²) in [5.74, 6) is -1.46. The molecule has 2 heterocycles. The first-order valence-electron chi connectivity index (χ1n) is 6.48. The normalized spacial score (nSPS) is 10.6. The molecular weight excluding hydrogens is 345 g/mol. The zero-order valence-corrected chi connectivity index (χ0v) is 12.5. The SMILES string of the molecule is [N-]=[N+]=NCCc1nonc1-c1noc(=O)n1-c1ccc(F)c(Cl)c1. The summed E-state index contributed by atoms with van der Waals surface area (Å²) in [4.78, 5) is 14.6. The van der Waals surface area contributed by atoms with Crippen LogP contribution in [0.4, 0.5) is 4.39 Å². The highest BCUT2D eigenvalue weighted by Crippen LogP contribution is 2.23. The molecule has 0 N–H and O–H groups in total. The third-order valence-electron chi connectivity index (χ3n) is 3.05. The minimum absolute atomic E-state index is 0.000128. The minimum Gasteiger partial charge on any atom is -0.295 e. The van der Waals surface area contributed by atoms with Gasteiger partial charge >= 0.3 is 5.76 Å². The molecule has 3 rings (SSSR count). The van der Waals surface area contributed by atoms with E-state index in [0.29, 0.717) is 5.69 Å². The van der Waals surface area contributed by atoms with Gasteiger partial charge in [-0.25, -0.2) is 18.4 Å². The average molecular weight is 352 g/mol. The highest BCUT2D eigenvalue weighted by Gasteiger charge is 2.22. The topological polar surface area (TPSA) is 136 Å². The van der Waals surface area contributed by atoms with Crippen LogP contribution in [0.5, 0.6) is 0 Å². The maximum atomic E-state index is 13.3. The summed E-state index contributed by atoms with van der Waals surface area (Å²) in [5, 5.41) is 14.2. The van der Waals surface area contributed by atoms with Crippen molar-refractivity contribution in [2.75, 3.05) is 6.54 Å². The second-order valence-corrected chi connectivity index (χ2v) is 4.88. The standard InChI is InChI=1S/C12H7ClFN7O3/c13-7-5-6(1-2-8(7)14)21-11(19-23-12(21)22)10-9(17-24-18-10)3-4-16-20-15/h1-2,5H,3-4H2. The van der Waals surface area contributed by atoms with Gasteiger partial charge in [0.2, 0.25) is 5.82 Å². The Kier molecular flexibility index (Phi) is 4.27. The molecule has 10 nitrogen and oxygen atoms in total. The van der Waals surface area contributed by atoms with Crippen LogP contribution in [0.3, 0.4) is 0 Å². The highest BCUT2D eigenvalue weighted by molar-refractivity contribution is 6.30. The van der Waals surface area contributed by atoms with E-state index >= 15 is 0 Å². The summed E-state index contributed by atoms with van der Waals surface area (Å²) >= 11 is 5.74. The Morgan fingerprint density at radius 2 is 2.21 bits per heavy atom. The van der Waals surface area contributed by atoms with Crippen LogP contribution in [0.1, 0.15) is 5.69 Å². The summed E-state index contributed by atoms with van der Waals surface area (Å²) in [6.45, 7) is 0.113. The maximum Gasteiger partial charge on any atom is 0.446 e. The third kappa shape index (κ3) is 2.85. The van der Waals surface area contributed by atoms with E-state index in [-0.39, 0.29) is 35.2 Å². The van der Waals surface area contributed by atoms with Crippen molar-refractivity contribution in [1.29, 1.82) is 0 Å². The van der Waals surface area contributed by atoms with Crippen LogP contribution < -0.4 is 5.76 Å². The Labute approximate surface area is 137 Å². The molecule has 12 heteroatoms. The van der Waals surface area contributed by atoms with E-state index < -0.39 is 11.6 Å². The van der Waals surface area contributed by atoms with Crippen LogP contribution in [-0.2, 0) is 6.42 Å². The summed E-state index contributed by atoms with van der Waals surface area (Å²) in [6, 6.07) is 3.67. The number of hydrogen-bond donors (Lipinski definition) is 0. The van der Waals surface area contributed by atoms with Gasteiger partial charge < -0.3 is 0 Å². The van der Waals surface area contributed by atoms with Gasteiger partial charge in [0, 0.05) is 17.9 Å². The van der Waals surface area contributed by atoms with E-state index in [9.17, 15) is 9.18 Å². The number of nitrogens with zero attached hydrogens (tertiary/aromatic N) is 7. The smallest absolute Gasteiger partial charge is 0.295 e. The van der Waals surface area contributed by atoms with E-state index in [0.717, 1.165) is 10.6 Å². The molecule has 3 aromatic rings. The fourth-order valence-corrected chi connectivity index (χ4v) is 2.17. The molecule has 0 fully saturated rings. The molecule has 0 aliphatic rings. The lowest BCUT2D eigenvalue weighted by atomic mass is 10.2. The predicted octanol–water partition coefficient (Wildman–Crippen LogP) is 2.52. The fraction of sp³-hybridized carbons (Fsp3) is 0.167. The average Bonchev–Trinajstić information content (AvgIpc) is 3.17. The Morgan fingerprint density at radius 3 is 2.96 bits per heavy atom. The molecule has 0 radical (unpaired) electrons. The quantitative estimate of drug-likeness (QED) is 0.393. The van der Waals surface area contributed by atoms with Crippen molar-refractivity contribution >= 4 is 11.6 Å². The van der Waals surface area contributed by atoms with Gasteiger partial charge in [0.1, 0.15) is 11.5 Å². The van der Waals surface area contributed by atoms with E-state index in [1.54, 1.807) is 0 Å². The van der Waals surface area contributed by atoms with Gasteiger partial charge in [-0.15, -0.1) is 0 Å². The molecule has 0 unspecified atom stereocenters. The van der Waals surface area contributed by atoms with Crippen molar-refractivity contribution in [1.82, 2.24) is 20.0 Å². The van der Waals surface area contributed by atoms with Crippen LogP contribution in [0.25, 0.3) is 27.6 Å². The summed E-state index contributed by atoms with van der Waals surface area (Å²) in [6.07, 6.45) is 0.216. The van der Waals surface area contributed by atoms with Crippen molar-refractivity contribution in [3.8, 4) is 17.2 Å². The molecule has 0 aliphatic heterocycles. The minimum atomic E-state index is -0.823. The van der Waals surface area contributed by atoms with E-state index in [1.165, 1.54) is 12.1 Å². The number of azide groups is 1. The van der Waals surface area contributed by atoms with Gasteiger partial charge in [0.25, 0.3) is 0 Å². The Hall–Kier alpha value is -3.17. The number of benzene rings is 1. The second kappa shape index (κ2) is 6.52. The van der Waals surface area contributed by atoms with Gasteiger partial charge in [0.15, 0.2) is 5.69 Å². The van der Waals surface area contributed by atoms with E-state index in [1.807, 2.05) is 0 Å². The van der Waals surface area contributed by atoms with Gasteiger partial charge in [-0.05, 0) is 28.9 Å². The zero-order valence-electron chi connectivity index (χ0n) is 11.8. The monoisotopic (exact) mass is 351 g/mol. The van der Waals surface area contributed by atoms with Crippen molar-refractivity contribution < 1.29 is 13.5 Å². The number of aromatic nitrogens is 4.